The van der Waals surface area contributed by atoms with Gasteiger partial charge >= 0.3 is 12.4 Å². The molecule has 1 aliphatic rings. The second-order valence-corrected chi connectivity index (χ2v) is 9.35. The summed E-state index contributed by atoms with van der Waals surface area (Å²) in [6.07, 6.45) is -5.47. The Balaban J connectivity index is 1.85. The molecule has 0 radical (unpaired) electrons. The van der Waals surface area contributed by atoms with Crippen molar-refractivity contribution < 1.29 is 35.5 Å². The fraction of sp³-hybridized carbons (Fsp3) is 0.370. The first-order chi connectivity index (χ1) is 17.3. The summed E-state index contributed by atoms with van der Waals surface area (Å²) in [5.41, 5.74) is -2.35. The van der Waals surface area contributed by atoms with Gasteiger partial charge in [-0.25, -0.2) is 4.39 Å². The summed E-state index contributed by atoms with van der Waals surface area (Å²) in [5.74, 6) is -0.996. The minimum Gasteiger partial charge on any atom is -0.349 e. The van der Waals surface area contributed by atoms with Gasteiger partial charge in [0.25, 0.3) is 5.91 Å². The highest BCUT2D eigenvalue weighted by molar-refractivity contribution is 5.97. The van der Waals surface area contributed by atoms with Crippen molar-refractivity contribution in [2.45, 2.75) is 64.0 Å². The monoisotopic (exact) mass is 526 g/mol. The molecule has 0 aliphatic heterocycles. The van der Waals surface area contributed by atoms with Crippen molar-refractivity contribution in [1.82, 2.24) is 9.88 Å². The van der Waals surface area contributed by atoms with Gasteiger partial charge in [-0.2, -0.15) is 26.3 Å². The maximum Gasteiger partial charge on any atom is 0.416 e. The van der Waals surface area contributed by atoms with Gasteiger partial charge in [0.2, 0.25) is 0 Å². The van der Waals surface area contributed by atoms with Crippen molar-refractivity contribution in [1.29, 1.82) is 0 Å². The van der Waals surface area contributed by atoms with Crippen LogP contribution in [0.15, 0.2) is 48.5 Å². The lowest BCUT2D eigenvalue weighted by Gasteiger charge is -2.22. The number of aromatic nitrogens is 1. The molecule has 0 spiro atoms. The van der Waals surface area contributed by atoms with Gasteiger partial charge < -0.3 is 9.88 Å². The third-order valence-electron chi connectivity index (χ3n) is 6.66. The zero-order chi connectivity index (χ0) is 27.0. The van der Waals surface area contributed by atoms with E-state index in [1.807, 2.05) is 0 Å². The zero-order valence-electron chi connectivity index (χ0n) is 19.9. The van der Waals surface area contributed by atoms with Crippen LogP contribution in [0.25, 0.3) is 11.3 Å². The molecule has 1 aromatic heterocycles. The molecule has 4 rings (SSSR count). The normalized spacial score (nSPS) is 15.1. The highest BCUT2D eigenvalue weighted by atomic mass is 19.4. The van der Waals surface area contributed by atoms with Gasteiger partial charge in [-0.1, -0.05) is 31.4 Å². The maximum absolute atomic E-state index is 13.8. The number of hydrogen-bond donors (Lipinski definition) is 1. The Morgan fingerprint density at radius 1 is 0.919 bits per heavy atom. The van der Waals surface area contributed by atoms with E-state index in [1.54, 1.807) is 13.0 Å². The van der Waals surface area contributed by atoms with E-state index in [-0.39, 0.29) is 35.5 Å². The predicted octanol–water partition coefficient (Wildman–Crippen LogP) is 7.75. The van der Waals surface area contributed by atoms with Crippen LogP contribution in [0.5, 0.6) is 0 Å². The molecule has 0 saturated heterocycles. The minimum atomic E-state index is -5.02. The van der Waals surface area contributed by atoms with Crippen LogP contribution in [-0.4, -0.2) is 16.5 Å². The summed E-state index contributed by atoms with van der Waals surface area (Å²) in [7, 11) is 0. The Morgan fingerprint density at radius 3 is 2.11 bits per heavy atom. The molecule has 0 bridgehead atoms. The molecule has 37 heavy (non-hydrogen) atoms. The molecule has 1 N–H and O–H groups in total. The first-order valence-electron chi connectivity index (χ1n) is 11.9. The van der Waals surface area contributed by atoms with E-state index in [1.165, 1.54) is 28.8 Å². The van der Waals surface area contributed by atoms with E-state index < -0.39 is 35.2 Å². The zero-order valence-corrected chi connectivity index (χ0v) is 19.9. The Bertz CT molecular complexity index is 1250. The molecule has 0 atom stereocenters. The van der Waals surface area contributed by atoms with Crippen LogP contribution in [-0.2, 0) is 18.9 Å². The molecular weight excluding hydrogens is 501 g/mol. The Kier molecular flexibility index (Phi) is 7.39. The summed E-state index contributed by atoms with van der Waals surface area (Å²) in [4.78, 5) is 13.1. The lowest BCUT2D eigenvalue weighted by Crippen LogP contribution is -2.36. The van der Waals surface area contributed by atoms with Gasteiger partial charge in [-0.05, 0) is 67.3 Å². The van der Waals surface area contributed by atoms with Crippen molar-refractivity contribution in [2.75, 3.05) is 0 Å². The van der Waals surface area contributed by atoms with Gasteiger partial charge in [-0.3, -0.25) is 4.79 Å². The highest BCUT2D eigenvalue weighted by Crippen LogP contribution is 2.39. The number of hydrogen-bond acceptors (Lipinski definition) is 1. The van der Waals surface area contributed by atoms with Gasteiger partial charge in [0.05, 0.1) is 16.7 Å². The number of nitrogens with one attached hydrogen (secondary N) is 1. The van der Waals surface area contributed by atoms with Crippen LogP contribution in [0.3, 0.4) is 0 Å². The van der Waals surface area contributed by atoms with Crippen LogP contribution in [0.4, 0.5) is 30.7 Å². The van der Waals surface area contributed by atoms with Gasteiger partial charge in [0, 0.05) is 24.0 Å². The summed E-state index contributed by atoms with van der Waals surface area (Å²) in [5, 5.41) is 2.94. The molecule has 1 saturated carbocycles. The van der Waals surface area contributed by atoms with Gasteiger partial charge in [-0.15, -0.1) is 0 Å². The molecule has 10 heteroatoms. The first kappa shape index (κ1) is 26.8. The maximum atomic E-state index is 13.8. The van der Waals surface area contributed by atoms with Gasteiger partial charge in [0.15, 0.2) is 0 Å². The Hall–Kier alpha value is -3.30. The van der Waals surface area contributed by atoms with E-state index in [4.69, 9.17) is 0 Å². The minimum absolute atomic E-state index is 0.00726. The fourth-order valence-electron chi connectivity index (χ4n) is 4.75. The summed E-state index contributed by atoms with van der Waals surface area (Å²) >= 11 is 0. The Morgan fingerprint density at radius 2 is 1.54 bits per heavy atom. The molecule has 1 heterocycles. The van der Waals surface area contributed by atoms with Gasteiger partial charge in [0.1, 0.15) is 5.82 Å². The quantitative estimate of drug-likeness (QED) is 0.339. The molecule has 3 nitrogen and oxygen atoms in total. The standard InChI is InChI=1S/C27H25F7N2O/c1-16-23(25(37)35-22-8-3-2-4-9-22)14-24(36(16)15-17-6-5-7-21(28)10-17)18-11-19(26(29,30)31)13-20(12-18)27(32,33)34/h5-7,10-14,22H,2-4,8-9,15H2,1H3,(H,35,37). The second-order valence-electron chi connectivity index (χ2n) is 9.35. The molecule has 1 amide bonds. The lowest BCUT2D eigenvalue weighted by atomic mass is 9.95. The van der Waals surface area contributed by atoms with E-state index in [2.05, 4.69) is 5.32 Å². The molecule has 1 fully saturated rings. The van der Waals surface area contributed by atoms with Crippen molar-refractivity contribution >= 4 is 5.91 Å². The number of halogens is 7. The number of amides is 1. The fourth-order valence-corrected chi connectivity index (χ4v) is 4.75. The van der Waals surface area contributed by atoms with Crippen LogP contribution in [0, 0.1) is 12.7 Å². The third kappa shape index (κ3) is 6.17. The largest absolute Gasteiger partial charge is 0.416 e. The van der Waals surface area contributed by atoms with Crippen molar-refractivity contribution in [3.8, 4) is 11.3 Å². The lowest BCUT2D eigenvalue weighted by molar-refractivity contribution is -0.143. The number of benzene rings is 2. The first-order valence-corrected chi connectivity index (χ1v) is 11.9. The molecule has 1 aliphatic carbocycles. The average molecular weight is 526 g/mol. The average Bonchev–Trinajstić information content (AvgIpc) is 3.14. The van der Waals surface area contributed by atoms with Crippen LogP contribution >= 0.6 is 0 Å². The topological polar surface area (TPSA) is 34.0 Å². The molecular formula is C27H25F7N2O. The highest BCUT2D eigenvalue weighted by Gasteiger charge is 2.37. The van der Waals surface area contributed by atoms with E-state index in [0.29, 0.717) is 23.4 Å². The number of rotatable bonds is 5. The smallest absolute Gasteiger partial charge is 0.349 e. The number of nitrogens with zero attached hydrogens (tertiary/aromatic N) is 1. The van der Waals surface area contributed by atoms with Crippen LogP contribution in [0.1, 0.15) is 64.8 Å². The van der Waals surface area contributed by atoms with E-state index in [9.17, 15) is 35.5 Å². The number of alkyl halides is 6. The van der Waals surface area contributed by atoms with Crippen molar-refractivity contribution in [2.24, 2.45) is 0 Å². The van der Waals surface area contributed by atoms with Crippen molar-refractivity contribution in [3.63, 3.8) is 0 Å². The number of carbonyl (C=O) groups is 1. The van der Waals surface area contributed by atoms with Crippen LogP contribution in [0.2, 0.25) is 0 Å². The summed E-state index contributed by atoms with van der Waals surface area (Å²) in [6.45, 7) is 1.50. The second kappa shape index (κ2) is 10.2. The SMILES string of the molecule is Cc1c(C(=O)NC2CCCCC2)cc(-c2cc(C(F)(F)F)cc(C(F)(F)F)c2)n1Cc1cccc(F)c1. The molecule has 198 valence electrons. The molecule has 0 unspecified atom stereocenters. The van der Waals surface area contributed by atoms with Crippen molar-refractivity contribution in [3.05, 3.63) is 82.3 Å². The number of carbonyl (C=O) groups excluding carboxylic acids is 1. The predicted molar refractivity (Wildman–Crippen MR) is 124 cm³/mol. The molecule has 2 aromatic carbocycles. The van der Waals surface area contributed by atoms with E-state index in [0.717, 1.165) is 32.1 Å². The van der Waals surface area contributed by atoms with E-state index >= 15 is 0 Å². The summed E-state index contributed by atoms with van der Waals surface area (Å²) < 4.78 is 96.5. The third-order valence-corrected chi connectivity index (χ3v) is 6.66. The molecule has 3 aromatic rings. The Labute approximate surface area is 209 Å². The summed E-state index contributed by atoms with van der Waals surface area (Å²) in [6, 6.07) is 8.06. The van der Waals surface area contributed by atoms with Crippen LogP contribution < -0.4 is 5.32 Å².